The molecule has 94 valence electrons. The molecule has 1 unspecified atom stereocenters. The van der Waals surface area contributed by atoms with Gasteiger partial charge in [-0.05, 0) is 32.8 Å². The number of hydrogen-bond acceptors (Lipinski definition) is 2. The molecule has 0 radical (unpaired) electrons. The Hall–Kier alpha value is -1.35. The lowest BCUT2D eigenvalue weighted by molar-refractivity contribution is -0.122. The number of nitrogens with one attached hydrogen (secondary N) is 1. The van der Waals surface area contributed by atoms with Crippen molar-refractivity contribution in [1.29, 1.82) is 0 Å². The zero-order valence-corrected chi connectivity index (χ0v) is 10.9. The lowest BCUT2D eigenvalue weighted by Crippen LogP contribution is -2.35. The Morgan fingerprint density at radius 2 is 1.94 bits per heavy atom. The predicted octanol–water partition coefficient (Wildman–Crippen LogP) is 2.38. The Morgan fingerprint density at radius 3 is 2.47 bits per heavy atom. The number of benzene rings is 1. The minimum Gasteiger partial charge on any atom is -0.350 e. The van der Waals surface area contributed by atoms with Crippen LogP contribution >= 0.6 is 0 Å². The molecule has 3 nitrogen and oxygen atoms in total. The molecule has 0 aliphatic heterocycles. The van der Waals surface area contributed by atoms with Crippen LogP contribution in [0.5, 0.6) is 0 Å². The SMILES string of the molecule is CC(NC(=O)CCC(C)(C)N)c1ccccc1. The highest BCUT2D eigenvalue weighted by atomic mass is 16.1. The molecule has 3 N–H and O–H groups in total. The normalized spacial score (nSPS) is 13.2. The van der Waals surface area contributed by atoms with Gasteiger partial charge < -0.3 is 11.1 Å². The average Bonchev–Trinajstić information content (AvgIpc) is 2.27. The number of carbonyl (C=O) groups is 1. The van der Waals surface area contributed by atoms with Crippen molar-refractivity contribution in [3.8, 4) is 0 Å². The molecule has 0 spiro atoms. The summed E-state index contributed by atoms with van der Waals surface area (Å²) >= 11 is 0. The van der Waals surface area contributed by atoms with Gasteiger partial charge in [0.05, 0.1) is 6.04 Å². The van der Waals surface area contributed by atoms with Gasteiger partial charge in [0.1, 0.15) is 0 Å². The summed E-state index contributed by atoms with van der Waals surface area (Å²) in [5, 5.41) is 2.97. The van der Waals surface area contributed by atoms with E-state index in [1.165, 1.54) is 0 Å². The fourth-order valence-corrected chi connectivity index (χ4v) is 1.57. The maximum Gasteiger partial charge on any atom is 0.220 e. The maximum absolute atomic E-state index is 11.7. The molecule has 1 rings (SSSR count). The van der Waals surface area contributed by atoms with Gasteiger partial charge in [-0.15, -0.1) is 0 Å². The van der Waals surface area contributed by atoms with Crippen molar-refractivity contribution in [1.82, 2.24) is 5.32 Å². The fourth-order valence-electron chi connectivity index (χ4n) is 1.57. The molecular weight excluding hydrogens is 212 g/mol. The number of hydrogen-bond donors (Lipinski definition) is 2. The molecule has 0 fully saturated rings. The van der Waals surface area contributed by atoms with Gasteiger partial charge in [0, 0.05) is 12.0 Å². The van der Waals surface area contributed by atoms with Crippen molar-refractivity contribution < 1.29 is 4.79 Å². The van der Waals surface area contributed by atoms with Crippen LogP contribution in [0.2, 0.25) is 0 Å². The Balaban J connectivity index is 2.42. The summed E-state index contributed by atoms with van der Waals surface area (Å²) in [5.41, 5.74) is 6.68. The van der Waals surface area contributed by atoms with E-state index in [9.17, 15) is 4.79 Å². The molecule has 17 heavy (non-hydrogen) atoms. The van der Waals surface area contributed by atoms with Gasteiger partial charge in [0.25, 0.3) is 0 Å². The van der Waals surface area contributed by atoms with Crippen LogP contribution in [0, 0.1) is 0 Å². The van der Waals surface area contributed by atoms with Crippen molar-refractivity contribution in [2.75, 3.05) is 0 Å². The van der Waals surface area contributed by atoms with Gasteiger partial charge in [0.15, 0.2) is 0 Å². The minimum absolute atomic E-state index is 0.0459. The van der Waals surface area contributed by atoms with Crippen molar-refractivity contribution in [2.45, 2.75) is 45.2 Å². The van der Waals surface area contributed by atoms with E-state index >= 15 is 0 Å². The molecule has 0 aliphatic carbocycles. The van der Waals surface area contributed by atoms with E-state index in [1.54, 1.807) is 0 Å². The Bertz CT molecular complexity index is 354. The summed E-state index contributed by atoms with van der Waals surface area (Å²) in [7, 11) is 0. The van der Waals surface area contributed by atoms with E-state index in [0.29, 0.717) is 12.8 Å². The minimum atomic E-state index is -0.284. The molecule has 1 aromatic rings. The van der Waals surface area contributed by atoms with E-state index in [4.69, 9.17) is 5.73 Å². The van der Waals surface area contributed by atoms with Crippen molar-refractivity contribution in [3.63, 3.8) is 0 Å². The Morgan fingerprint density at radius 1 is 1.35 bits per heavy atom. The second-order valence-corrected chi connectivity index (χ2v) is 5.19. The van der Waals surface area contributed by atoms with Crippen molar-refractivity contribution >= 4 is 5.91 Å². The van der Waals surface area contributed by atoms with E-state index in [1.807, 2.05) is 51.1 Å². The summed E-state index contributed by atoms with van der Waals surface area (Å²) in [4.78, 5) is 11.7. The van der Waals surface area contributed by atoms with Crippen LogP contribution in [0.4, 0.5) is 0 Å². The average molecular weight is 234 g/mol. The van der Waals surface area contributed by atoms with Gasteiger partial charge in [0.2, 0.25) is 5.91 Å². The first-order valence-corrected chi connectivity index (χ1v) is 6.02. The topological polar surface area (TPSA) is 55.1 Å². The van der Waals surface area contributed by atoms with Gasteiger partial charge in [-0.25, -0.2) is 0 Å². The zero-order chi connectivity index (χ0) is 12.9. The largest absolute Gasteiger partial charge is 0.350 e. The van der Waals surface area contributed by atoms with Gasteiger partial charge in [-0.1, -0.05) is 30.3 Å². The standard InChI is InChI=1S/C14H22N2O/c1-11(12-7-5-4-6-8-12)16-13(17)9-10-14(2,3)15/h4-8,11H,9-10,15H2,1-3H3,(H,16,17). The van der Waals surface area contributed by atoms with Crippen LogP contribution in [0.3, 0.4) is 0 Å². The molecule has 3 heteroatoms. The second kappa shape index (κ2) is 5.82. The first-order chi connectivity index (χ1) is 7.88. The molecule has 0 aliphatic rings. The van der Waals surface area contributed by atoms with Crippen LogP contribution < -0.4 is 11.1 Å². The quantitative estimate of drug-likeness (QED) is 0.822. The smallest absolute Gasteiger partial charge is 0.220 e. The fraction of sp³-hybridized carbons (Fsp3) is 0.500. The van der Waals surface area contributed by atoms with Gasteiger partial charge >= 0.3 is 0 Å². The molecule has 0 heterocycles. The van der Waals surface area contributed by atoms with Gasteiger partial charge in [-0.3, -0.25) is 4.79 Å². The predicted molar refractivity (Wildman–Crippen MR) is 70.5 cm³/mol. The van der Waals surface area contributed by atoms with E-state index in [-0.39, 0.29) is 17.5 Å². The molecule has 1 amide bonds. The van der Waals surface area contributed by atoms with Crippen molar-refractivity contribution in [2.24, 2.45) is 5.73 Å². The number of carbonyl (C=O) groups excluding carboxylic acids is 1. The van der Waals surface area contributed by atoms with Crippen LogP contribution in [0.1, 0.15) is 45.2 Å². The summed E-state index contributed by atoms with van der Waals surface area (Å²) in [5.74, 6) is 0.0554. The van der Waals surface area contributed by atoms with E-state index < -0.39 is 0 Å². The summed E-state index contributed by atoms with van der Waals surface area (Å²) in [6.45, 7) is 5.85. The third kappa shape index (κ3) is 5.50. The zero-order valence-electron chi connectivity index (χ0n) is 10.9. The molecule has 1 atom stereocenters. The third-order valence-corrected chi connectivity index (χ3v) is 2.67. The summed E-state index contributed by atoms with van der Waals surface area (Å²) in [6.07, 6.45) is 1.17. The first-order valence-electron chi connectivity index (χ1n) is 6.02. The molecule has 0 bridgehead atoms. The highest BCUT2D eigenvalue weighted by molar-refractivity contribution is 5.76. The van der Waals surface area contributed by atoms with Crippen LogP contribution in [-0.2, 0) is 4.79 Å². The first kappa shape index (κ1) is 13.7. The summed E-state index contributed by atoms with van der Waals surface area (Å²) in [6, 6.07) is 9.98. The number of nitrogens with two attached hydrogens (primary N) is 1. The molecule has 0 saturated heterocycles. The van der Waals surface area contributed by atoms with Crippen LogP contribution in [0.15, 0.2) is 30.3 Å². The van der Waals surface area contributed by atoms with Gasteiger partial charge in [-0.2, -0.15) is 0 Å². The highest BCUT2D eigenvalue weighted by Crippen LogP contribution is 2.12. The Labute approximate surface area is 103 Å². The number of amides is 1. The third-order valence-electron chi connectivity index (χ3n) is 2.67. The summed E-state index contributed by atoms with van der Waals surface area (Å²) < 4.78 is 0. The van der Waals surface area contributed by atoms with Crippen LogP contribution in [0.25, 0.3) is 0 Å². The maximum atomic E-state index is 11.7. The molecule has 0 aromatic heterocycles. The van der Waals surface area contributed by atoms with Crippen LogP contribution in [-0.4, -0.2) is 11.4 Å². The van der Waals surface area contributed by atoms with Crippen molar-refractivity contribution in [3.05, 3.63) is 35.9 Å². The number of rotatable bonds is 5. The molecule has 0 saturated carbocycles. The molecular formula is C14H22N2O. The molecule has 1 aromatic carbocycles. The lowest BCUT2D eigenvalue weighted by atomic mass is 9.99. The van der Waals surface area contributed by atoms with E-state index in [0.717, 1.165) is 5.56 Å². The lowest BCUT2D eigenvalue weighted by Gasteiger charge is -2.19. The van der Waals surface area contributed by atoms with E-state index in [2.05, 4.69) is 5.32 Å². The monoisotopic (exact) mass is 234 g/mol. The highest BCUT2D eigenvalue weighted by Gasteiger charge is 2.14. The second-order valence-electron chi connectivity index (χ2n) is 5.19. The Kier molecular flexibility index (Phi) is 4.70.